The smallest absolute Gasteiger partial charge is 0.326 e. The molecule has 0 aromatic heterocycles. The SMILES string of the molecule is CCCOCCCNC(=O)N1CCC(C)C1C(=O)O. The van der Waals surface area contributed by atoms with E-state index in [4.69, 9.17) is 9.84 Å². The Hall–Kier alpha value is -1.30. The van der Waals surface area contributed by atoms with Crippen LogP contribution in [-0.4, -0.2) is 54.4 Å². The molecule has 1 rings (SSSR count). The van der Waals surface area contributed by atoms with Crippen LogP contribution >= 0.6 is 0 Å². The number of nitrogens with zero attached hydrogens (tertiary/aromatic N) is 1. The quantitative estimate of drug-likeness (QED) is 0.685. The second-order valence-corrected chi connectivity index (χ2v) is 4.94. The number of ether oxygens (including phenoxy) is 1. The average molecular weight is 272 g/mol. The molecule has 0 radical (unpaired) electrons. The molecule has 1 heterocycles. The van der Waals surface area contributed by atoms with E-state index < -0.39 is 12.0 Å². The average Bonchev–Trinajstić information content (AvgIpc) is 2.75. The normalized spacial score (nSPS) is 22.5. The van der Waals surface area contributed by atoms with Crippen molar-refractivity contribution in [3.05, 3.63) is 0 Å². The minimum atomic E-state index is -0.925. The number of carboxylic acid groups (broad SMARTS) is 1. The van der Waals surface area contributed by atoms with Crippen molar-refractivity contribution >= 4 is 12.0 Å². The summed E-state index contributed by atoms with van der Waals surface area (Å²) in [6.45, 7) is 6.29. The van der Waals surface area contributed by atoms with Gasteiger partial charge in [-0.25, -0.2) is 9.59 Å². The summed E-state index contributed by atoms with van der Waals surface area (Å²) in [4.78, 5) is 24.5. The van der Waals surface area contributed by atoms with Gasteiger partial charge in [0.1, 0.15) is 6.04 Å². The van der Waals surface area contributed by atoms with E-state index in [0.717, 1.165) is 25.9 Å². The summed E-state index contributed by atoms with van der Waals surface area (Å²) in [6.07, 6.45) is 2.47. The van der Waals surface area contributed by atoms with Gasteiger partial charge in [0.15, 0.2) is 0 Å². The lowest BCUT2D eigenvalue weighted by Crippen LogP contribution is -2.47. The van der Waals surface area contributed by atoms with Gasteiger partial charge in [0.25, 0.3) is 0 Å². The maximum absolute atomic E-state index is 11.9. The van der Waals surface area contributed by atoms with Gasteiger partial charge in [-0.05, 0) is 25.2 Å². The number of hydrogen-bond donors (Lipinski definition) is 2. The van der Waals surface area contributed by atoms with E-state index in [-0.39, 0.29) is 11.9 Å². The van der Waals surface area contributed by atoms with Crippen molar-refractivity contribution in [1.82, 2.24) is 10.2 Å². The van der Waals surface area contributed by atoms with Gasteiger partial charge in [-0.1, -0.05) is 13.8 Å². The van der Waals surface area contributed by atoms with Crippen molar-refractivity contribution in [1.29, 1.82) is 0 Å². The molecule has 110 valence electrons. The molecule has 1 fully saturated rings. The van der Waals surface area contributed by atoms with Gasteiger partial charge < -0.3 is 20.1 Å². The van der Waals surface area contributed by atoms with Crippen LogP contribution in [0.15, 0.2) is 0 Å². The molecule has 19 heavy (non-hydrogen) atoms. The molecule has 6 heteroatoms. The fourth-order valence-electron chi connectivity index (χ4n) is 2.27. The summed E-state index contributed by atoms with van der Waals surface area (Å²) in [7, 11) is 0. The number of hydrogen-bond acceptors (Lipinski definition) is 3. The number of rotatable bonds is 7. The second kappa shape index (κ2) is 7.99. The van der Waals surface area contributed by atoms with Crippen molar-refractivity contribution < 1.29 is 19.4 Å². The molecule has 0 bridgehead atoms. The number of carboxylic acids is 1. The Balaban J connectivity index is 2.27. The molecule has 6 nitrogen and oxygen atoms in total. The zero-order valence-corrected chi connectivity index (χ0v) is 11.7. The van der Waals surface area contributed by atoms with Crippen LogP contribution in [-0.2, 0) is 9.53 Å². The van der Waals surface area contributed by atoms with Gasteiger partial charge in [-0.3, -0.25) is 0 Å². The van der Waals surface area contributed by atoms with Crippen LogP contribution in [0.4, 0.5) is 4.79 Å². The van der Waals surface area contributed by atoms with Crippen LogP contribution < -0.4 is 5.32 Å². The van der Waals surface area contributed by atoms with E-state index in [2.05, 4.69) is 5.32 Å². The van der Waals surface area contributed by atoms with Crippen molar-refractivity contribution in [2.24, 2.45) is 5.92 Å². The van der Waals surface area contributed by atoms with Crippen molar-refractivity contribution in [3.8, 4) is 0 Å². The first-order chi connectivity index (χ1) is 9.07. The van der Waals surface area contributed by atoms with E-state index >= 15 is 0 Å². The van der Waals surface area contributed by atoms with Gasteiger partial charge >= 0.3 is 12.0 Å². The molecule has 1 aliphatic rings. The first kappa shape index (κ1) is 15.8. The molecule has 2 amide bonds. The molecular weight excluding hydrogens is 248 g/mol. The third-order valence-corrected chi connectivity index (χ3v) is 3.30. The van der Waals surface area contributed by atoms with E-state index in [1.54, 1.807) is 0 Å². The Morgan fingerprint density at radius 1 is 1.42 bits per heavy atom. The first-order valence-corrected chi connectivity index (χ1v) is 6.93. The topological polar surface area (TPSA) is 78.9 Å². The number of nitrogens with one attached hydrogen (secondary N) is 1. The molecule has 2 unspecified atom stereocenters. The number of carbonyl (C=O) groups is 2. The van der Waals surface area contributed by atoms with Gasteiger partial charge in [-0.2, -0.15) is 0 Å². The number of aliphatic carboxylic acids is 1. The Labute approximate surface area is 114 Å². The van der Waals surface area contributed by atoms with Crippen LogP contribution in [0.5, 0.6) is 0 Å². The zero-order valence-electron chi connectivity index (χ0n) is 11.7. The van der Waals surface area contributed by atoms with E-state index in [1.807, 2.05) is 13.8 Å². The highest BCUT2D eigenvalue weighted by molar-refractivity contribution is 5.83. The van der Waals surface area contributed by atoms with Crippen LogP contribution in [0.2, 0.25) is 0 Å². The monoisotopic (exact) mass is 272 g/mol. The fourth-order valence-corrected chi connectivity index (χ4v) is 2.27. The molecule has 0 aromatic rings. The first-order valence-electron chi connectivity index (χ1n) is 6.93. The van der Waals surface area contributed by atoms with Gasteiger partial charge in [0, 0.05) is 26.3 Å². The predicted molar refractivity (Wildman–Crippen MR) is 71.0 cm³/mol. The molecule has 0 spiro atoms. The summed E-state index contributed by atoms with van der Waals surface area (Å²) < 4.78 is 5.31. The molecule has 0 aliphatic carbocycles. The summed E-state index contributed by atoms with van der Waals surface area (Å²) in [5, 5.41) is 11.9. The molecule has 1 aliphatic heterocycles. The molecule has 1 saturated heterocycles. The second-order valence-electron chi connectivity index (χ2n) is 4.94. The van der Waals surface area contributed by atoms with Crippen LogP contribution in [0.25, 0.3) is 0 Å². The summed E-state index contributed by atoms with van der Waals surface area (Å²) >= 11 is 0. The van der Waals surface area contributed by atoms with Crippen LogP contribution in [0.3, 0.4) is 0 Å². The molecule has 2 N–H and O–H groups in total. The predicted octanol–water partition coefficient (Wildman–Crippen LogP) is 1.31. The molecule has 2 atom stereocenters. The van der Waals surface area contributed by atoms with Crippen LogP contribution in [0, 0.1) is 5.92 Å². The Morgan fingerprint density at radius 2 is 2.16 bits per heavy atom. The van der Waals surface area contributed by atoms with E-state index in [1.165, 1.54) is 4.90 Å². The third-order valence-electron chi connectivity index (χ3n) is 3.30. The largest absolute Gasteiger partial charge is 0.480 e. The number of urea groups is 1. The maximum Gasteiger partial charge on any atom is 0.326 e. The lowest BCUT2D eigenvalue weighted by atomic mass is 10.0. The minimum Gasteiger partial charge on any atom is -0.480 e. The van der Waals surface area contributed by atoms with Crippen molar-refractivity contribution in [2.75, 3.05) is 26.3 Å². The Morgan fingerprint density at radius 3 is 2.79 bits per heavy atom. The Bertz CT molecular complexity index is 309. The lowest BCUT2D eigenvalue weighted by molar-refractivity contribution is -0.142. The van der Waals surface area contributed by atoms with Crippen molar-refractivity contribution in [3.63, 3.8) is 0 Å². The third kappa shape index (κ3) is 4.70. The number of likely N-dealkylation sites (tertiary alicyclic amines) is 1. The van der Waals surface area contributed by atoms with Gasteiger partial charge in [0.2, 0.25) is 0 Å². The van der Waals surface area contributed by atoms with Gasteiger partial charge in [0.05, 0.1) is 0 Å². The van der Waals surface area contributed by atoms with Gasteiger partial charge in [-0.15, -0.1) is 0 Å². The maximum atomic E-state index is 11.9. The highest BCUT2D eigenvalue weighted by Crippen LogP contribution is 2.23. The van der Waals surface area contributed by atoms with E-state index in [0.29, 0.717) is 19.7 Å². The van der Waals surface area contributed by atoms with E-state index in [9.17, 15) is 9.59 Å². The number of carbonyl (C=O) groups excluding carboxylic acids is 1. The summed E-state index contributed by atoms with van der Waals surface area (Å²) in [5.41, 5.74) is 0. The Kier molecular flexibility index (Phi) is 6.62. The molecule has 0 aromatic carbocycles. The summed E-state index contributed by atoms with van der Waals surface area (Å²) in [5.74, 6) is -0.914. The molecular formula is C13H24N2O4. The van der Waals surface area contributed by atoms with Crippen LogP contribution in [0.1, 0.15) is 33.1 Å². The molecule has 0 saturated carbocycles. The highest BCUT2D eigenvalue weighted by atomic mass is 16.5. The number of amides is 2. The van der Waals surface area contributed by atoms with Crippen molar-refractivity contribution in [2.45, 2.75) is 39.2 Å². The summed E-state index contributed by atoms with van der Waals surface area (Å²) in [6, 6.07) is -0.983. The zero-order chi connectivity index (χ0) is 14.3. The lowest BCUT2D eigenvalue weighted by Gasteiger charge is -2.23. The standard InChI is InChI=1S/C13H24N2O4/c1-3-8-19-9-4-6-14-13(18)15-7-5-10(2)11(15)12(16)17/h10-11H,3-9H2,1-2H3,(H,14,18)(H,16,17). The fraction of sp³-hybridized carbons (Fsp3) is 0.846. The minimum absolute atomic E-state index is 0.0103. The highest BCUT2D eigenvalue weighted by Gasteiger charge is 2.39.